The largest absolute Gasteiger partial charge is 0.466 e. The maximum atomic E-state index is 14.9. The number of fused-ring (bicyclic) bond motifs is 1. The average Bonchev–Trinajstić information content (AvgIpc) is 3.26. The van der Waals surface area contributed by atoms with Crippen LogP contribution in [0.3, 0.4) is 0 Å². The summed E-state index contributed by atoms with van der Waals surface area (Å²) in [5.74, 6) is -1.99. The van der Waals surface area contributed by atoms with Crippen LogP contribution in [0.2, 0.25) is 0 Å². The molecule has 0 aliphatic heterocycles. The Morgan fingerprint density at radius 3 is 2.43 bits per heavy atom. The molecule has 0 fully saturated rings. The van der Waals surface area contributed by atoms with Crippen molar-refractivity contribution in [3.63, 3.8) is 0 Å². The highest BCUT2D eigenvalue weighted by molar-refractivity contribution is 5.70. The quantitative estimate of drug-likeness (QED) is 0.222. The van der Waals surface area contributed by atoms with Crippen molar-refractivity contribution in [3.05, 3.63) is 70.8 Å². The van der Waals surface area contributed by atoms with Gasteiger partial charge in [0.05, 0.1) is 25.4 Å². The third-order valence-electron chi connectivity index (χ3n) is 6.71. The molecule has 0 heterocycles. The third-order valence-corrected chi connectivity index (χ3v) is 6.71. The number of carbonyl (C=O) groups excluding carboxylic acids is 1. The number of ether oxygens (including phenoxy) is 2. The second kappa shape index (κ2) is 14.6. The third kappa shape index (κ3) is 9.80. The molecule has 1 aliphatic carbocycles. The summed E-state index contributed by atoms with van der Waals surface area (Å²) in [4.78, 5) is 11.7. The molecule has 7 heteroatoms. The molecule has 206 valence electrons. The first-order valence-electron chi connectivity index (χ1n) is 13.1. The van der Waals surface area contributed by atoms with Gasteiger partial charge < -0.3 is 19.9 Å². The lowest BCUT2D eigenvalue weighted by Gasteiger charge is -2.31. The fraction of sp³-hybridized carbons (Fsp3) is 0.567. The van der Waals surface area contributed by atoms with Crippen LogP contribution in [-0.4, -0.2) is 48.6 Å². The summed E-state index contributed by atoms with van der Waals surface area (Å²) in [6, 6.07) is 8.54. The van der Waals surface area contributed by atoms with E-state index in [0.717, 1.165) is 25.3 Å². The van der Waals surface area contributed by atoms with Crippen molar-refractivity contribution in [1.82, 2.24) is 5.32 Å². The maximum absolute atomic E-state index is 14.9. The SMILES string of the molecule is C=C(CCC(=O)OCC)/C(=C(F)\C(F)=C/C)C(C)OC[C@H](O)CNC(C)(C)CC1Cc2ccccc2C1. The van der Waals surface area contributed by atoms with Gasteiger partial charge in [-0.15, -0.1) is 0 Å². The van der Waals surface area contributed by atoms with Crippen molar-refractivity contribution >= 4 is 5.97 Å². The monoisotopic (exact) mass is 519 g/mol. The minimum atomic E-state index is -1.07. The van der Waals surface area contributed by atoms with Crippen LogP contribution < -0.4 is 5.32 Å². The number of carbonyl (C=O) groups is 1. The molecule has 1 aliphatic rings. The first kappa shape index (κ1) is 30.9. The fourth-order valence-electron chi connectivity index (χ4n) is 4.88. The zero-order chi connectivity index (χ0) is 27.6. The number of hydrogen-bond donors (Lipinski definition) is 2. The number of aliphatic hydroxyl groups is 1. The van der Waals surface area contributed by atoms with Gasteiger partial charge in [0.2, 0.25) is 0 Å². The molecule has 2 rings (SSSR count). The number of halogens is 2. The molecule has 37 heavy (non-hydrogen) atoms. The van der Waals surface area contributed by atoms with Gasteiger partial charge in [0.25, 0.3) is 0 Å². The van der Waals surface area contributed by atoms with Gasteiger partial charge >= 0.3 is 5.97 Å². The first-order valence-corrected chi connectivity index (χ1v) is 13.1. The van der Waals surface area contributed by atoms with E-state index in [0.29, 0.717) is 12.5 Å². The van der Waals surface area contributed by atoms with Gasteiger partial charge in [0, 0.05) is 24.1 Å². The molecule has 0 bridgehead atoms. The van der Waals surface area contributed by atoms with Crippen molar-refractivity contribution in [2.45, 2.75) is 84.5 Å². The van der Waals surface area contributed by atoms with Gasteiger partial charge in [0.1, 0.15) is 0 Å². The van der Waals surface area contributed by atoms with Gasteiger partial charge in [-0.2, -0.15) is 0 Å². The van der Waals surface area contributed by atoms with E-state index in [1.54, 1.807) is 13.8 Å². The van der Waals surface area contributed by atoms with E-state index in [-0.39, 0.29) is 42.7 Å². The van der Waals surface area contributed by atoms with Crippen molar-refractivity contribution in [2.24, 2.45) is 5.92 Å². The predicted molar refractivity (Wildman–Crippen MR) is 143 cm³/mol. The van der Waals surface area contributed by atoms with E-state index >= 15 is 0 Å². The molecular formula is C30H43F2NO4. The van der Waals surface area contributed by atoms with E-state index in [2.05, 4.69) is 50.0 Å². The fourth-order valence-corrected chi connectivity index (χ4v) is 4.88. The van der Waals surface area contributed by atoms with Crippen LogP contribution in [0.1, 0.15) is 65.0 Å². The number of hydrogen-bond acceptors (Lipinski definition) is 5. The van der Waals surface area contributed by atoms with E-state index in [4.69, 9.17) is 9.47 Å². The summed E-state index contributed by atoms with van der Waals surface area (Å²) >= 11 is 0. The van der Waals surface area contributed by atoms with Gasteiger partial charge in [-0.25, -0.2) is 8.78 Å². The summed E-state index contributed by atoms with van der Waals surface area (Å²) in [5.41, 5.74) is 2.84. The minimum Gasteiger partial charge on any atom is -0.466 e. The van der Waals surface area contributed by atoms with Crippen LogP contribution in [-0.2, 0) is 27.1 Å². The van der Waals surface area contributed by atoms with E-state index in [9.17, 15) is 18.7 Å². The Bertz CT molecular complexity index is 961. The van der Waals surface area contributed by atoms with E-state index < -0.39 is 29.8 Å². The normalized spacial score (nSPS) is 16.7. The number of rotatable bonds is 15. The second-order valence-corrected chi connectivity index (χ2v) is 10.4. The zero-order valence-corrected chi connectivity index (χ0v) is 22.9. The molecule has 5 nitrogen and oxygen atoms in total. The molecule has 0 aromatic heterocycles. The van der Waals surface area contributed by atoms with Crippen LogP contribution >= 0.6 is 0 Å². The predicted octanol–water partition coefficient (Wildman–Crippen LogP) is 5.92. The Morgan fingerprint density at radius 2 is 1.86 bits per heavy atom. The lowest BCUT2D eigenvalue weighted by Crippen LogP contribution is -2.46. The number of esters is 1. The van der Waals surface area contributed by atoms with Crippen molar-refractivity contribution < 1.29 is 28.2 Å². The van der Waals surface area contributed by atoms with Crippen LogP contribution in [0, 0.1) is 5.92 Å². The molecule has 0 amide bonds. The first-order chi connectivity index (χ1) is 17.5. The minimum absolute atomic E-state index is 0.00132. The Balaban J connectivity index is 1.89. The van der Waals surface area contributed by atoms with Crippen molar-refractivity contribution in [3.8, 4) is 0 Å². The molecule has 2 atom stereocenters. The number of nitrogens with one attached hydrogen (secondary N) is 1. The van der Waals surface area contributed by atoms with E-state index in [1.165, 1.54) is 18.1 Å². The number of β-amino-alcohol motifs (C(OH)–C–C–N with tert-alkyl or cyclic N) is 1. The Hall–Kier alpha value is -2.35. The van der Waals surface area contributed by atoms with Crippen LogP contribution in [0.15, 0.2) is 59.7 Å². The zero-order valence-electron chi connectivity index (χ0n) is 22.9. The lowest BCUT2D eigenvalue weighted by molar-refractivity contribution is -0.143. The maximum Gasteiger partial charge on any atom is 0.306 e. The highest BCUT2D eigenvalue weighted by atomic mass is 19.2. The molecule has 1 aromatic rings. The molecule has 0 saturated carbocycles. The van der Waals surface area contributed by atoms with Crippen molar-refractivity contribution in [2.75, 3.05) is 19.8 Å². The smallest absolute Gasteiger partial charge is 0.306 e. The van der Waals surface area contributed by atoms with Crippen molar-refractivity contribution in [1.29, 1.82) is 0 Å². The number of allylic oxidation sites excluding steroid dienone is 3. The van der Waals surface area contributed by atoms with Gasteiger partial charge in [-0.3, -0.25) is 4.79 Å². The average molecular weight is 520 g/mol. The lowest BCUT2D eigenvalue weighted by atomic mass is 9.88. The summed E-state index contributed by atoms with van der Waals surface area (Å²) in [6.45, 7) is 13.2. The Kier molecular flexibility index (Phi) is 12.1. The van der Waals surface area contributed by atoms with Gasteiger partial charge in [-0.1, -0.05) is 30.8 Å². The molecule has 0 spiro atoms. The van der Waals surface area contributed by atoms with Gasteiger partial charge in [0.15, 0.2) is 11.7 Å². The Morgan fingerprint density at radius 1 is 1.24 bits per heavy atom. The topological polar surface area (TPSA) is 67.8 Å². The molecule has 1 aromatic carbocycles. The molecule has 1 unspecified atom stereocenters. The standard InChI is InChI=1S/C30H43F2NO4/c1-7-26(31)29(32)28(20(3)13-14-27(35)36-8-2)21(4)37-19-25(34)18-33-30(5,6)17-22-15-23-11-9-10-12-24(23)16-22/h7,9-12,21-22,25,33-34H,3,8,13-19H2,1-2,4-6H3/b26-7+,29-28-/t21?,25-/m1/s1. The van der Waals surface area contributed by atoms with E-state index in [1.807, 2.05) is 0 Å². The van der Waals surface area contributed by atoms with Crippen LogP contribution in [0.4, 0.5) is 8.78 Å². The molecule has 0 radical (unpaired) electrons. The second-order valence-electron chi connectivity index (χ2n) is 10.4. The van der Waals surface area contributed by atoms with Crippen LogP contribution in [0.25, 0.3) is 0 Å². The molecule has 2 N–H and O–H groups in total. The summed E-state index contributed by atoms with van der Waals surface area (Å²) in [7, 11) is 0. The highest BCUT2D eigenvalue weighted by Crippen LogP contribution is 2.32. The number of aliphatic hydroxyl groups excluding tert-OH is 1. The molecular weight excluding hydrogens is 476 g/mol. The molecule has 0 saturated heterocycles. The highest BCUT2D eigenvalue weighted by Gasteiger charge is 2.29. The van der Waals surface area contributed by atoms with Crippen LogP contribution in [0.5, 0.6) is 0 Å². The number of benzene rings is 1. The van der Waals surface area contributed by atoms with Gasteiger partial charge in [-0.05, 0) is 89.0 Å². The summed E-state index contributed by atoms with van der Waals surface area (Å²) < 4.78 is 39.6. The summed E-state index contributed by atoms with van der Waals surface area (Å²) in [6.07, 6.45) is 2.50. The Labute approximate surface area is 220 Å². The summed E-state index contributed by atoms with van der Waals surface area (Å²) in [5, 5.41) is 14.0.